The highest BCUT2D eigenvalue weighted by Crippen LogP contribution is 2.16. The van der Waals surface area contributed by atoms with Crippen LogP contribution in [0.5, 0.6) is 0 Å². The van der Waals surface area contributed by atoms with E-state index in [1.807, 2.05) is 6.92 Å². The van der Waals surface area contributed by atoms with Crippen molar-refractivity contribution in [2.75, 3.05) is 0 Å². The van der Waals surface area contributed by atoms with Gasteiger partial charge < -0.3 is 10.3 Å². The standard InChI is InChI=1S/C11H12FN3O/c1-7(13)6-10-14-11(15-16-10)8-2-4-9(12)5-3-8/h2-5,7H,6,13H2,1H3. The van der Waals surface area contributed by atoms with Gasteiger partial charge in [-0.25, -0.2) is 4.39 Å². The average Bonchev–Trinajstić information content (AvgIpc) is 2.66. The molecule has 0 bridgehead atoms. The van der Waals surface area contributed by atoms with Crippen molar-refractivity contribution in [3.63, 3.8) is 0 Å². The van der Waals surface area contributed by atoms with E-state index in [9.17, 15) is 4.39 Å². The van der Waals surface area contributed by atoms with Gasteiger partial charge in [0.05, 0.1) is 0 Å². The van der Waals surface area contributed by atoms with Gasteiger partial charge in [-0.3, -0.25) is 0 Å². The zero-order chi connectivity index (χ0) is 11.5. The molecule has 1 heterocycles. The Bertz CT molecular complexity index is 464. The number of benzene rings is 1. The number of hydrogen-bond acceptors (Lipinski definition) is 4. The van der Waals surface area contributed by atoms with E-state index >= 15 is 0 Å². The number of halogens is 1. The Morgan fingerprint density at radius 3 is 2.69 bits per heavy atom. The Labute approximate surface area is 92.3 Å². The Morgan fingerprint density at radius 2 is 2.06 bits per heavy atom. The molecule has 0 saturated heterocycles. The normalized spacial score (nSPS) is 12.7. The number of aromatic nitrogens is 2. The van der Waals surface area contributed by atoms with Crippen molar-refractivity contribution in [1.82, 2.24) is 10.1 Å². The topological polar surface area (TPSA) is 64.9 Å². The minimum absolute atomic E-state index is 0.0264. The third-order valence-electron chi connectivity index (χ3n) is 2.07. The molecule has 2 N–H and O–H groups in total. The van der Waals surface area contributed by atoms with Crippen LogP contribution in [0.25, 0.3) is 11.4 Å². The van der Waals surface area contributed by atoms with E-state index in [4.69, 9.17) is 10.3 Å². The molecular weight excluding hydrogens is 209 g/mol. The number of nitrogens with two attached hydrogens (primary N) is 1. The fourth-order valence-corrected chi connectivity index (χ4v) is 1.33. The van der Waals surface area contributed by atoms with Gasteiger partial charge in [0.15, 0.2) is 0 Å². The average molecular weight is 221 g/mol. The Balaban J connectivity index is 2.21. The van der Waals surface area contributed by atoms with Crippen LogP contribution in [-0.4, -0.2) is 16.2 Å². The van der Waals surface area contributed by atoms with E-state index in [1.54, 1.807) is 12.1 Å². The van der Waals surface area contributed by atoms with Crippen LogP contribution in [0.15, 0.2) is 28.8 Å². The van der Waals surface area contributed by atoms with Crippen LogP contribution in [0.1, 0.15) is 12.8 Å². The van der Waals surface area contributed by atoms with Crippen LogP contribution in [0.4, 0.5) is 4.39 Å². The number of nitrogens with zero attached hydrogens (tertiary/aromatic N) is 2. The molecule has 1 aromatic heterocycles. The van der Waals surface area contributed by atoms with Crippen LogP contribution in [0.3, 0.4) is 0 Å². The summed E-state index contributed by atoms with van der Waals surface area (Å²) in [7, 11) is 0. The van der Waals surface area contributed by atoms with Gasteiger partial charge in [-0.15, -0.1) is 0 Å². The monoisotopic (exact) mass is 221 g/mol. The minimum atomic E-state index is -0.289. The predicted octanol–water partition coefficient (Wildman–Crippen LogP) is 1.77. The van der Waals surface area contributed by atoms with E-state index in [2.05, 4.69) is 10.1 Å². The molecular formula is C11H12FN3O. The van der Waals surface area contributed by atoms with E-state index in [0.717, 1.165) is 5.56 Å². The smallest absolute Gasteiger partial charge is 0.228 e. The van der Waals surface area contributed by atoms with Gasteiger partial charge in [-0.2, -0.15) is 4.98 Å². The van der Waals surface area contributed by atoms with Crippen LogP contribution >= 0.6 is 0 Å². The van der Waals surface area contributed by atoms with Crippen molar-refractivity contribution in [2.24, 2.45) is 5.73 Å². The van der Waals surface area contributed by atoms with Gasteiger partial charge in [0.2, 0.25) is 11.7 Å². The molecule has 1 unspecified atom stereocenters. The zero-order valence-corrected chi connectivity index (χ0v) is 8.85. The molecule has 5 heteroatoms. The van der Waals surface area contributed by atoms with Gasteiger partial charge in [0.1, 0.15) is 5.82 Å². The summed E-state index contributed by atoms with van der Waals surface area (Å²) in [5.74, 6) is 0.660. The fraction of sp³-hybridized carbons (Fsp3) is 0.273. The van der Waals surface area contributed by atoms with Gasteiger partial charge >= 0.3 is 0 Å². The summed E-state index contributed by atoms with van der Waals surface area (Å²) in [6.45, 7) is 1.86. The Morgan fingerprint density at radius 1 is 1.38 bits per heavy atom. The first-order valence-corrected chi connectivity index (χ1v) is 4.99. The van der Waals surface area contributed by atoms with Crippen molar-refractivity contribution < 1.29 is 8.91 Å². The highest BCUT2D eigenvalue weighted by molar-refractivity contribution is 5.53. The summed E-state index contributed by atoms with van der Waals surface area (Å²) >= 11 is 0. The van der Waals surface area contributed by atoms with Crippen LogP contribution in [-0.2, 0) is 6.42 Å². The molecule has 0 amide bonds. The molecule has 0 aliphatic carbocycles. The largest absolute Gasteiger partial charge is 0.339 e. The molecule has 84 valence electrons. The molecule has 2 aromatic rings. The summed E-state index contributed by atoms with van der Waals surface area (Å²) in [6.07, 6.45) is 0.536. The SMILES string of the molecule is CC(N)Cc1nc(-c2ccc(F)cc2)no1. The van der Waals surface area contributed by atoms with Crippen molar-refractivity contribution in [1.29, 1.82) is 0 Å². The van der Waals surface area contributed by atoms with Gasteiger partial charge in [-0.1, -0.05) is 5.16 Å². The second-order valence-electron chi connectivity index (χ2n) is 3.70. The molecule has 0 aliphatic heterocycles. The molecule has 0 radical (unpaired) electrons. The second kappa shape index (κ2) is 4.40. The fourth-order valence-electron chi connectivity index (χ4n) is 1.33. The Hall–Kier alpha value is -1.75. The molecule has 16 heavy (non-hydrogen) atoms. The van der Waals surface area contributed by atoms with Crippen LogP contribution < -0.4 is 5.73 Å². The van der Waals surface area contributed by atoms with Crippen molar-refractivity contribution in [3.8, 4) is 11.4 Å². The van der Waals surface area contributed by atoms with E-state index in [-0.39, 0.29) is 11.9 Å². The summed E-state index contributed by atoms with van der Waals surface area (Å²) in [5.41, 5.74) is 6.34. The molecule has 0 saturated carbocycles. The summed E-state index contributed by atoms with van der Waals surface area (Å²) < 4.78 is 17.7. The third-order valence-corrected chi connectivity index (χ3v) is 2.07. The highest BCUT2D eigenvalue weighted by Gasteiger charge is 2.09. The number of rotatable bonds is 3. The number of hydrogen-bond donors (Lipinski definition) is 1. The molecule has 0 aliphatic rings. The molecule has 1 atom stereocenters. The molecule has 0 spiro atoms. The lowest BCUT2D eigenvalue weighted by Crippen LogP contribution is -2.17. The molecule has 2 rings (SSSR count). The predicted molar refractivity (Wildman–Crippen MR) is 57.0 cm³/mol. The van der Waals surface area contributed by atoms with Crippen molar-refractivity contribution >= 4 is 0 Å². The summed E-state index contributed by atoms with van der Waals surface area (Å²) in [5, 5.41) is 3.81. The Kier molecular flexibility index (Phi) is 2.96. The summed E-state index contributed by atoms with van der Waals surface area (Å²) in [4.78, 5) is 4.17. The molecule has 0 fully saturated rings. The summed E-state index contributed by atoms with van der Waals surface area (Å²) in [6, 6.07) is 5.90. The molecule has 4 nitrogen and oxygen atoms in total. The lowest BCUT2D eigenvalue weighted by Gasteiger charge is -1.96. The first-order chi connectivity index (χ1) is 7.65. The molecule has 1 aromatic carbocycles. The van der Waals surface area contributed by atoms with Gasteiger partial charge in [-0.05, 0) is 31.2 Å². The second-order valence-corrected chi connectivity index (χ2v) is 3.70. The maximum absolute atomic E-state index is 12.7. The van der Waals surface area contributed by atoms with Gasteiger partial charge in [0.25, 0.3) is 0 Å². The lowest BCUT2D eigenvalue weighted by atomic mass is 10.2. The van der Waals surface area contributed by atoms with Gasteiger partial charge in [0, 0.05) is 18.0 Å². The quantitative estimate of drug-likeness (QED) is 0.857. The van der Waals surface area contributed by atoms with E-state index in [0.29, 0.717) is 18.1 Å². The minimum Gasteiger partial charge on any atom is -0.339 e. The van der Waals surface area contributed by atoms with Crippen molar-refractivity contribution in [2.45, 2.75) is 19.4 Å². The van der Waals surface area contributed by atoms with Crippen molar-refractivity contribution in [3.05, 3.63) is 36.0 Å². The zero-order valence-electron chi connectivity index (χ0n) is 8.85. The maximum atomic E-state index is 12.7. The van der Waals surface area contributed by atoms with Crippen LogP contribution in [0, 0.1) is 5.82 Å². The third kappa shape index (κ3) is 2.43. The lowest BCUT2D eigenvalue weighted by molar-refractivity contribution is 0.372. The first kappa shape index (κ1) is 10.8. The van der Waals surface area contributed by atoms with E-state index < -0.39 is 0 Å². The maximum Gasteiger partial charge on any atom is 0.228 e. The van der Waals surface area contributed by atoms with E-state index in [1.165, 1.54) is 12.1 Å². The highest BCUT2D eigenvalue weighted by atomic mass is 19.1. The van der Waals surface area contributed by atoms with Crippen LogP contribution in [0.2, 0.25) is 0 Å². The first-order valence-electron chi connectivity index (χ1n) is 4.99.